The summed E-state index contributed by atoms with van der Waals surface area (Å²) in [6.07, 6.45) is 3.95. The van der Waals surface area contributed by atoms with Gasteiger partial charge in [-0.15, -0.1) is 0 Å². The average Bonchev–Trinajstić information content (AvgIpc) is 2.73. The van der Waals surface area contributed by atoms with Gasteiger partial charge in [0.15, 0.2) is 0 Å². The lowest BCUT2D eigenvalue weighted by atomic mass is 10.0. The molecule has 1 fully saturated rings. The van der Waals surface area contributed by atoms with Crippen LogP contribution in [0, 0.1) is 0 Å². The lowest BCUT2D eigenvalue weighted by Gasteiger charge is -2.40. The Bertz CT molecular complexity index is 756. The van der Waals surface area contributed by atoms with Gasteiger partial charge in [0.25, 0.3) is 0 Å². The predicted octanol–water partition coefficient (Wildman–Crippen LogP) is 2.57. The zero-order chi connectivity index (χ0) is 17.9. The number of carbonyl (C=O) groups is 1. The van der Waals surface area contributed by atoms with E-state index >= 15 is 0 Å². The maximum Gasteiger partial charge on any atom is 0.244 e. The zero-order valence-electron chi connectivity index (χ0n) is 15.3. The van der Waals surface area contributed by atoms with Crippen molar-refractivity contribution in [2.75, 3.05) is 42.5 Å². The van der Waals surface area contributed by atoms with Crippen molar-refractivity contribution in [3.05, 3.63) is 54.2 Å². The Morgan fingerprint density at radius 2 is 1.77 bits per heavy atom. The molecule has 0 saturated carbocycles. The molecule has 2 aliphatic heterocycles. The molecule has 0 bridgehead atoms. The summed E-state index contributed by atoms with van der Waals surface area (Å²) < 4.78 is 0. The fourth-order valence-electron chi connectivity index (χ4n) is 4.02. The third kappa shape index (κ3) is 3.31. The number of aromatic nitrogens is 1. The molecule has 3 heterocycles. The summed E-state index contributed by atoms with van der Waals surface area (Å²) in [5.41, 5.74) is 2.39. The second kappa shape index (κ2) is 7.46. The van der Waals surface area contributed by atoms with Crippen LogP contribution in [0.2, 0.25) is 0 Å². The SMILES string of the molecule is C[C@@H](C(=O)N1CCCc2ccccc21)N1CCN(c2ccccn2)CC1. The highest BCUT2D eigenvalue weighted by atomic mass is 16.2. The first-order valence-corrected chi connectivity index (χ1v) is 9.53. The van der Waals surface area contributed by atoms with Crippen LogP contribution in [0.1, 0.15) is 18.9 Å². The minimum atomic E-state index is -0.0907. The molecule has 1 amide bonds. The Balaban J connectivity index is 1.41. The van der Waals surface area contributed by atoms with Gasteiger partial charge >= 0.3 is 0 Å². The van der Waals surface area contributed by atoms with E-state index in [1.165, 1.54) is 5.56 Å². The number of anilines is 2. The van der Waals surface area contributed by atoms with Crippen LogP contribution < -0.4 is 9.80 Å². The van der Waals surface area contributed by atoms with Gasteiger partial charge in [-0.2, -0.15) is 0 Å². The van der Waals surface area contributed by atoms with Crippen molar-refractivity contribution in [2.45, 2.75) is 25.8 Å². The van der Waals surface area contributed by atoms with Crippen molar-refractivity contribution in [1.82, 2.24) is 9.88 Å². The highest BCUT2D eigenvalue weighted by molar-refractivity contribution is 5.98. The van der Waals surface area contributed by atoms with Crippen LogP contribution in [-0.4, -0.2) is 54.6 Å². The molecule has 0 spiro atoms. The number of pyridine rings is 1. The van der Waals surface area contributed by atoms with E-state index in [0.29, 0.717) is 0 Å². The molecule has 5 heteroatoms. The normalized spacial score (nSPS) is 19.1. The van der Waals surface area contributed by atoms with E-state index in [1.54, 1.807) is 0 Å². The summed E-state index contributed by atoms with van der Waals surface area (Å²) in [7, 11) is 0. The van der Waals surface area contributed by atoms with E-state index in [2.05, 4.69) is 46.0 Å². The number of para-hydroxylation sites is 1. The largest absolute Gasteiger partial charge is 0.354 e. The smallest absolute Gasteiger partial charge is 0.244 e. The molecule has 2 aromatic rings. The molecule has 136 valence electrons. The van der Waals surface area contributed by atoms with Crippen molar-refractivity contribution in [2.24, 2.45) is 0 Å². The van der Waals surface area contributed by atoms with E-state index in [4.69, 9.17) is 0 Å². The molecule has 1 saturated heterocycles. The van der Waals surface area contributed by atoms with E-state index < -0.39 is 0 Å². The Hall–Kier alpha value is -2.40. The molecule has 26 heavy (non-hydrogen) atoms. The highest BCUT2D eigenvalue weighted by Crippen LogP contribution is 2.28. The second-order valence-corrected chi connectivity index (χ2v) is 7.11. The van der Waals surface area contributed by atoms with Gasteiger partial charge < -0.3 is 9.80 Å². The molecule has 0 aliphatic carbocycles. The van der Waals surface area contributed by atoms with Crippen LogP contribution in [0.4, 0.5) is 11.5 Å². The highest BCUT2D eigenvalue weighted by Gasteiger charge is 2.31. The van der Waals surface area contributed by atoms with Crippen LogP contribution in [0.25, 0.3) is 0 Å². The average molecular weight is 350 g/mol. The fraction of sp³-hybridized carbons (Fsp3) is 0.429. The van der Waals surface area contributed by atoms with Crippen LogP contribution in [0.5, 0.6) is 0 Å². The molecule has 2 aliphatic rings. The summed E-state index contributed by atoms with van der Waals surface area (Å²) in [5.74, 6) is 1.25. The fourth-order valence-corrected chi connectivity index (χ4v) is 4.02. The maximum absolute atomic E-state index is 13.2. The van der Waals surface area contributed by atoms with Gasteiger partial charge in [-0.1, -0.05) is 24.3 Å². The van der Waals surface area contributed by atoms with Gasteiger partial charge in [-0.25, -0.2) is 4.98 Å². The number of aryl methyl sites for hydroxylation is 1. The Morgan fingerprint density at radius 1 is 1.00 bits per heavy atom. The van der Waals surface area contributed by atoms with Gasteiger partial charge in [0, 0.05) is 44.6 Å². The lowest BCUT2D eigenvalue weighted by Crippen LogP contribution is -2.55. The first-order chi connectivity index (χ1) is 12.7. The van der Waals surface area contributed by atoms with Crippen molar-refractivity contribution in [3.8, 4) is 0 Å². The molecular formula is C21H26N4O. The van der Waals surface area contributed by atoms with E-state index in [9.17, 15) is 4.79 Å². The van der Waals surface area contributed by atoms with Gasteiger partial charge in [0.1, 0.15) is 5.82 Å². The van der Waals surface area contributed by atoms with Crippen molar-refractivity contribution in [3.63, 3.8) is 0 Å². The monoisotopic (exact) mass is 350 g/mol. The number of hydrogen-bond donors (Lipinski definition) is 0. The number of piperazine rings is 1. The summed E-state index contributed by atoms with van der Waals surface area (Å²) in [4.78, 5) is 24.2. The van der Waals surface area contributed by atoms with Crippen LogP contribution >= 0.6 is 0 Å². The number of nitrogens with zero attached hydrogens (tertiary/aromatic N) is 4. The number of amides is 1. The topological polar surface area (TPSA) is 39.7 Å². The molecule has 0 unspecified atom stereocenters. The summed E-state index contributed by atoms with van der Waals surface area (Å²) in [6, 6.07) is 14.2. The Labute approximate surface area is 155 Å². The van der Waals surface area contributed by atoms with Gasteiger partial charge in [-0.3, -0.25) is 9.69 Å². The first kappa shape index (κ1) is 17.0. The lowest BCUT2D eigenvalue weighted by molar-refractivity contribution is -0.123. The third-order valence-corrected chi connectivity index (χ3v) is 5.57. The number of benzene rings is 1. The van der Waals surface area contributed by atoms with Gasteiger partial charge in [-0.05, 0) is 43.5 Å². The van der Waals surface area contributed by atoms with Gasteiger partial charge in [0.2, 0.25) is 5.91 Å². The first-order valence-electron chi connectivity index (χ1n) is 9.53. The third-order valence-electron chi connectivity index (χ3n) is 5.57. The summed E-state index contributed by atoms with van der Waals surface area (Å²) >= 11 is 0. The molecule has 1 aromatic carbocycles. The molecule has 1 aromatic heterocycles. The minimum Gasteiger partial charge on any atom is -0.354 e. The van der Waals surface area contributed by atoms with E-state index in [0.717, 1.165) is 57.1 Å². The molecule has 4 rings (SSSR count). The standard InChI is InChI=1S/C21H26N4O/c1-17(21(26)25-12-6-8-18-7-2-3-9-19(18)25)23-13-15-24(16-14-23)20-10-4-5-11-22-20/h2-5,7,9-11,17H,6,8,12-16H2,1H3/t17-/m0/s1. The molecule has 0 N–H and O–H groups in total. The number of carbonyl (C=O) groups excluding carboxylic acids is 1. The minimum absolute atomic E-state index is 0.0907. The van der Waals surface area contributed by atoms with E-state index in [1.807, 2.05) is 29.3 Å². The van der Waals surface area contributed by atoms with Crippen molar-refractivity contribution < 1.29 is 4.79 Å². The molecular weight excluding hydrogens is 324 g/mol. The predicted molar refractivity (Wildman–Crippen MR) is 105 cm³/mol. The summed E-state index contributed by atoms with van der Waals surface area (Å²) in [6.45, 7) is 6.47. The van der Waals surface area contributed by atoms with Crippen LogP contribution in [0.3, 0.4) is 0 Å². The van der Waals surface area contributed by atoms with Gasteiger partial charge in [0.05, 0.1) is 6.04 Å². The zero-order valence-corrected chi connectivity index (χ0v) is 15.3. The van der Waals surface area contributed by atoms with Crippen molar-refractivity contribution >= 4 is 17.4 Å². The van der Waals surface area contributed by atoms with Crippen LogP contribution in [-0.2, 0) is 11.2 Å². The van der Waals surface area contributed by atoms with Crippen molar-refractivity contribution in [1.29, 1.82) is 0 Å². The number of fused-ring (bicyclic) bond motifs is 1. The quantitative estimate of drug-likeness (QED) is 0.853. The van der Waals surface area contributed by atoms with E-state index in [-0.39, 0.29) is 11.9 Å². The Kier molecular flexibility index (Phi) is 4.89. The summed E-state index contributed by atoms with van der Waals surface area (Å²) in [5, 5.41) is 0. The molecule has 5 nitrogen and oxygen atoms in total. The van der Waals surface area contributed by atoms with Crippen LogP contribution in [0.15, 0.2) is 48.7 Å². The number of rotatable bonds is 3. The number of hydrogen-bond acceptors (Lipinski definition) is 4. The molecule has 0 radical (unpaired) electrons. The second-order valence-electron chi connectivity index (χ2n) is 7.11. The Morgan fingerprint density at radius 3 is 2.54 bits per heavy atom. The molecule has 1 atom stereocenters. The maximum atomic E-state index is 13.2.